The number of unbranched alkanes of at least 4 members (excludes halogenated alkanes) is 1. The van der Waals surface area contributed by atoms with Crippen molar-refractivity contribution >= 4 is 17.5 Å². The van der Waals surface area contributed by atoms with Gasteiger partial charge in [0.05, 0.1) is 0 Å². The number of carbonyl (C=O) groups is 1. The van der Waals surface area contributed by atoms with Crippen molar-refractivity contribution in [1.29, 1.82) is 0 Å². The van der Waals surface area contributed by atoms with E-state index in [-0.39, 0.29) is 5.91 Å². The average Bonchev–Trinajstić information content (AvgIpc) is 2.38. The smallest absolute Gasteiger partial charge is 0.248 e. The quantitative estimate of drug-likeness (QED) is 0.546. The fourth-order valence-electron chi connectivity index (χ4n) is 1.11. The van der Waals surface area contributed by atoms with Crippen LogP contribution < -0.4 is 11.1 Å². The number of nitrogens with two attached hydrogens (primary N) is 1. The summed E-state index contributed by atoms with van der Waals surface area (Å²) < 4.78 is 0. The Morgan fingerprint density at radius 1 is 1.47 bits per heavy atom. The van der Waals surface area contributed by atoms with Crippen LogP contribution in [0.3, 0.4) is 0 Å². The molecule has 0 aromatic rings. The third-order valence-corrected chi connectivity index (χ3v) is 2.33. The Morgan fingerprint density at radius 3 is 2.47 bits per heavy atom. The lowest BCUT2D eigenvalue weighted by Crippen LogP contribution is -2.30. The highest BCUT2D eigenvalue weighted by atomic mass is 35.5. The molecule has 0 saturated heterocycles. The highest BCUT2D eigenvalue weighted by Gasteiger charge is 2.11. The second kappa shape index (κ2) is 13.3. The van der Waals surface area contributed by atoms with Crippen molar-refractivity contribution in [3.8, 4) is 0 Å². The summed E-state index contributed by atoms with van der Waals surface area (Å²) in [5.41, 5.74) is 5.90. The first-order valence-corrected chi connectivity index (χ1v) is 6.54. The van der Waals surface area contributed by atoms with Crippen molar-refractivity contribution < 1.29 is 4.79 Å². The molecule has 0 fully saturated rings. The molecule has 0 aliphatic heterocycles. The Kier molecular flexibility index (Phi) is 14.5. The Balaban J connectivity index is 0. The van der Waals surface area contributed by atoms with E-state index in [0.717, 1.165) is 12.8 Å². The Bertz CT molecular complexity index is 250. The number of rotatable bonds is 7. The van der Waals surface area contributed by atoms with Crippen LogP contribution >= 0.6 is 11.6 Å². The largest absolute Gasteiger partial charge is 0.351 e. The summed E-state index contributed by atoms with van der Waals surface area (Å²) in [6.07, 6.45) is 4.14. The summed E-state index contributed by atoms with van der Waals surface area (Å²) in [7, 11) is 0. The molecule has 100 valence electrons. The first-order chi connectivity index (χ1) is 8.17. The van der Waals surface area contributed by atoms with Crippen LogP contribution in [0.4, 0.5) is 0 Å². The summed E-state index contributed by atoms with van der Waals surface area (Å²) in [4.78, 5) is 11.7. The van der Waals surface area contributed by atoms with E-state index in [2.05, 4.69) is 18.8 Å². The van der Waals surface area contributed by atoms with Gasteiger partial charge in [0.1, 0.15) is 0 Å². The van der Waals surface area contributed by atoms with E-state index in [1.165, 1.54) is 6.08 Å². The van der Waals surface area contributed by atoms with E-state index in [9.17, 15) is 4.79 Å². The zero-order valence-electron chi connectivity index (χ0n) is 11.2. The summed E-state index contributed by atoms with van der Waals surface area (Å²) in [5, 5.41) is 3.13. The molecule has 0 aromatic carbocycles. The molecular weight excluding hydrogens is 236 g/mol. The minimum Gasteiger partial charge on any atom is -0.351 e. The van der Waals surface area contributed by atoms with E-state index in [1.54, 1.807) is 0 Å². The maximum atomic E-state index is 11.7. The van der Waals surface area contributed by atoms with Crippen LogP contribution in [0.5, 0.6) is 0 Å². The molecule has 0 rings (SSSR count). The van der Waals surface area contributed by atoms with Gasteiger partial charge >= 0.3 is 0 Å². The molecule has 1 amide bonds. The topological polar surface area (TPSA) is 55.1 Å². The van der Waals surface area contributed by atoms with Crippen LogP contribution in [0.25, 0.3) is 0 Å². The predicted octanol–water partition coefficient (Wildman–Crippen LogP) is 2.96. The van der Waals surface area contributed by atoms with Gasteiger partial charge in [0, 0.05) is 23.7 Å². The molecule has 0 radical (unpaired) electrons. The lowest BCUT2D eigenvalue weighted by molar-refractivity contribution is -0.117. The van der Waals surface area contributed by atoms with Gasteiger partial charge in [0.15, 0.2) is 0 Å². The lowest BCUT2D eigenvalue weighted by atomic mass is 10.1. The Hall–Kier alpha value is -0.800. The number of nitrogens with one attached hydrogen (secondary N) is 1. The molecular formula is C13H25ClN2O. The second-order valence-electron chi connectivity index (χ2n) is 3.18. The molecule has 0 bridgehead atoms. The molecule has 0 aromatic heterocycles. The van der Waals surface area contributed by atoms with E-state index in [1.807, 2.05) is 13.8 Å². The number of hydrogen-bond donors (Lipinski definition) is 2. The maximum absolute atomic E-state index is 11.7. The van der Waals surface area contributed by atoms with Crippen LogP contribution in [0.1, 0.15) is 40.0 Å². The van der Waals surface area contributed by atoms with Crippen molar-refractivity contribution in [3.05, 3.63) is 23.3 Å². The summed E-state index contributed by atoms with van der Waals surface area (Å²) in [5.74, 6) is -0.140. The number of halogens is 1. The first kappa shape index (κ1) is 18.6. The van der Waals surface area contributed by atoms with Gasteiger partial charge in [-0.05, 0) is 12.8 Å². The fourth-order valence-corrected chi connectivity index (χ4v) is 1.29. The van der Waals surface area contributed by atoms with Crippen molar-refractivity contribution in [2.24, 2.45) is 5.73 Å². The van der Waals surface area contributed by atoms with Gasteiger partial charge in [-0.25, -0.2) is 0 Å². The monoisotopic (exact) mass is 260 g/mol. The molecule has 0 unspecified atom stereocenters. The second-order valence-corrected chi connectivity index (χ2v) is 3.59. The van der Waals surface area contributed by atoms with Crippen LogP contribution in [0, 0.1) is 0 Å². The van der Waals surface area contributed by atoms with Gasteiger partial charge in [0.2, 0.25) is 5.91 Å². The van der Waals surface area contributed by atoms with Crippen molar-refractivity contribution in [1.82, 2.24) is 5.32 Å². The van der Waals surface area contributed by atoms with E-state index in [4.69, 9.17) is 17.3 Å². The molecule has 0 spiro atoms. The molecule has 0 aliphatic carbocycles. The van der Waals surface area contributed by atoms with Crippen molar-refractivity contribution in [2.45, 2.75) is 40.0 Å². The summed E-state index contributed by atoms with van der Waals surface area (Å²) in [6, 6.07) is 0. The summed E-state index contributed by atoms with van der Waals surface area (Å²) in [6.45, 7) is 10.5. The number of allylic oxidation sites excluding steroid dienone is 2. The molecule has 3 nitrogen and oxygen atoms in total. The Morgan fingerprint density at radius 2 is 2.06 bits per heavy atom. The fraction of sp³-hybridized carbons (Fsp3) is 0.615. The predicted molar refractivity (Wildman–Crippen MR) is 76.0 cm³/mol. The van der Waals surface area contributed by atoms with Gasteiger partial charge < -0.3 is 11.1 Å². The van der Waals surface area contributed by atoms with Gasteiger partial charge in [-0.3, -0.25) is 4.79 Å². The molecule has 4 heteroatoms. The van der Waals surface area contributed by atoms with Gasteiger partial charge in [-0.1, -0.05) is 51.4 Å². The normalized spacial score (nSPS) is 10.9. The van der Waals surface area contributed by atoms with Crippen LogP contribution in [-0.4, -0.2) is 19.0 Å². The molecule has 3 N–H and O–H groups in total. The zero-order chi connectivity index (χ0) is 13.7. The molecule has 0 aliphatic rings. The van der Waals surface area contributed by atoms with Gasteiger partial charge in [0.25, 0.3) is 0 Å². The number of carbonyl (C=O) groups excluding carboxylic acids is 1. The molecule has 0 atom stereocenters. The first-order valence-electron chi connectivity index (χ1n) is 6.16. The molecule has 0 heterocycles. The zero-order valence-corrected chi connectivity index (χ0v) is 11.9. The van der Waals surface area contributed by atoms with Gasteiger partial charge in [-0.15, -0.1) is 0 Å². The average molecular weight is 261 g/mol. The van der Waals surface area contributed by atoms with Crippen LogP contribution in [0.15, 0.2) is 23.3 Å². The third-order valence-electron chi connectivity index (χ3n) is 1.95. The maximum Gasteiger partial charge on any atom is 0.248 e. The highest BCUT2D eigenvalue weighted by Crippen LogP contribution is 2.17. The van der Waals surface area contributed by atoms with Crippen LogP contribution in [-0.2, 0) is 4.79 Å². The number of hydrogen-bond acceptors (Lipinski definition) is 2. The molecule has 0 saturated carbocycles. The highest BCUT2D eigenvalue weighted by molar-refractivity contribution is 6.33. The number of amides is 1. The van der Waals surface area contributed by atoms with Gasteiger partial charge in [-0.2, -0.15) is 0 Å². The van der Waals surface area contributed by atoms with Crippen molar-refractivity contribution in [3.63, 3.8) is 0 Å². The minimum atomic E-state index is -0.140. The standard InChI is InChI=1S/C11H19ClN2O.C2H6/c1-3-5-6-9(10(12)4-2)11(15)14-8-7-13;1-2/h4H,2-3,5-8,13H2,1H3,(H,14,15);1-2H3/b10-9-;. The SMILES string of the molecule is C=C/C(Cl)=C(\CCCC)C(=O)NCCN.CC. The van der Waals surface area contributed by atoms with Crippen LogP contribution in [0.2, 0.25) is 0 Å². The summed E-state index contributed by atoms with van der Waals surface area (Å²) >= 11 is 5.91. The lowest BCUT2D eigenvalue weighted by Gasteiger charge is -2.08. The van der Waals surface area contributed by atoms with E-state index in [0.29, 0.717) is 30.1 Å². The van der Waals surface area contributed by atoms with E-state index >= 15 is 0 Å². The van der Waals surface area contributed by atoms with Crippen molar-refractivity contribution in [2.75, 3.05) is 13.1 Å². The molecule has 17 heavy (non-hydrogen) atoms. The van der Waals surface area contributed by atoms with E-state index < -0.39 is 0 Å². The Labute approximate surface area is 110 Å². The minimum absolute atomic E-state index is 0.140. The third kappa shape index (κ3) is 8.95.